The Hall–Kier alpha value is -4.42. The summed E-state index contributed by atoms with van der Waals surface area (Å²) in [5.74, 6) is -0.512. The van der Waals surface area contributed by atoms with Crippen molar-refractivity contribution >= 4 is 11.4 Å². The minimum Gasteiger partial charge on any atom is -0.412 e. The van der Waals surface area contributed by atoms with Gasteiger partial charge in [0.1, 0.15) is 11.7 Å². The molecule has 11 nitrogen and oxygen atoms in total. The molecule has 1 aliphatic rings. The van der Waals surface area contributed by atoms with Crippen molar-refractivity contribution in [2.45, 2.75) is 25.8 Å². The molecule has 1 amide bonds. The topological polar surface area (TPSA) is 123 Å². The Morgan fingerprint density at radius 1 is 1.26 bits per heavy atom. The molecular weight excluding hydrogens is 460 g/mol. The molecule has 1 aliphatic heterocycles. The Bertz CT molecular complexity index is 1560. The van der Waals surface area contributed by atoms with Gasteiger partial charge in [0.05, 0.1) is 34.5 Å². The van der Waals surface area contributed by atoms with Gasteiger partial charge in [-0.05, 0) is 25.1 Å². The summed E-state index contributed by atoms with van der Waals surface area (Å²) in [6.07, 6.45) is 1.09. The Labute approximate surface area is 196 Å². The standard InChI is InChI=1S/C22H19F2N9O2/c1-11-13(9-31(2)29-11)20-27-28-21(35-20)22(34)32-7-6-14-17(26-10-25-14)18(32)15-8-12-4-3-5-16(19(23)24)33(12)30-15/h3-5,8-10,18-19H,6-7H2,1-2H3,(H,25,26)/t18-/m1/s1. The van der Waals surface area contributed by atoms with Crippen LogP contribution in [-0.4, -0.2) is 56.9 Å². The van der Waals surface area contributed by atoms with Crippen LogP contribution in [0.15, 0.2) is 41.2 Å². The number of rotatable bonds is 4. The van der Waals surface area contributed by atoms with Crippen molar-refractivity contribution in [2.75, 3.05) is 6.54 Å². The van der Waals surface area contributed by atoms with Gasteiger partial charge in [0.15, 0.2) is 0 Å². The third kappa shape index (κ3) is 3.38. The quantitative estimate of drug-likeness (QED) is 0.420. The van der Waals surface area contributed by atoms with Gasteiger partial charge in [-0.3, -0.25) is 9.48 Å². The van der Waals surface area contributed by atoms with Crippen LogP contribution < -0.4 is 0 Å². The highest BCUT2D eigenvalue weighted by Crippen LogP contribution is 2.35. The molecule has 178 valence electrons. The summed E-state index contributed by atoms with van der Waals surface area (Å²) in [5, 5.41) is 16.7. The number of amides is 1. The Morgan fingerprint density at radius 3 is 2.89 bits per heavy atom. The van der Waals surface area contributed by atoms with Gasteiger partial charge in [0.2, 0.25) is 0 Å². The van der Waals surface area contributed by atoms with Gasteiger partial charge in [0, 0.05) is 31.9 Å². The largest absolute Gasteiger partial charge is 0.412 e. The monoisotopic (exact) mass is 479 g/mol. The van der Waals surface area contributed by atoms with E-state index in [4.69, 9.17) is 4.42 Å². The summed E-state index contributed by atoms with van der Waals surface area (Å²) >= 11 is 0. The number of nitrogens with one attached hydrogen (secondary N) is 1. The van der Waals surface area contributed by atoms with Crippen molar-refractivity contribution in [1.29, 1.82) is 0 Å². The van der Waals surface area contributed by atoms with Gasteiger partial charge in [-0.1, -0.05) is 6.07 Å². The van der Waals surface area contributed by atoms with Crippen molar-refractivity contribution in [3.05, 3.63) is 71.1 Å². The zero-order chi connectivity index (χ0) is 24.3. The molecule has 0 aliphatic carbocycles. The van der Waals surface area contributed by atoms with E-state index in [0.29, 0.717) is 41.1 Å². The molecule has 5 aromatic rings. The lowest BCUT2D eigenvalue weighted by atomic mass is 9.99. The summed E-state index contributed by atoms with van der Waals surface area (Å²) in [5.41, 5.74) is 3.41. The molecule has 0 bridgehead atoms. The molecule has 0 fully saturated rings. The maximum Gasteiger partial charge on any atom is 0.312 e. The minimum absolute atomic E-state index is 0.183. The number of fused-ring (bicyclic) bond motifs is 2. The van der Waals surface area contributed by atoms with E-state index in [1.165, 1.54) is 15.5 Å². The number of alkyl halides is 2. The molecule has 6 rings (SSSR count). The molecule has 0 saturated carbocycles. The predicted molar refractivity (Wildman–Crippen MR) is 117 cm³/mol. The molecular formula is C22H19F2N9O2. The Morgan fingerprint density at radius 2 is 2.11 bits per heavy atom. The SMILES string of the molecule is Cc1nn(C)cc1-c1nnc(C(=O)N2CCc3[nH]cnc3[C@H]2c2cc3cccc(C(F)F)n3n2)o1. The second-order valence-corrected chi connectivity index (χ2v) is 8.29. The number of aryl methyl sites for hydroxylation is 2. The highest BCUT2D eigenvalue weighted by molar-refractivity contribution is 5.90. The van der Waals surface area contributed by atoms with Gasteiger partial charge in [0.25, 0.3) is 12.3 Å². The smallest absolute Gasteiger partial charge is 0.312 e. The molecule has 0 radical (unpaired) electrons. The maximum atomic E-state index is 13.6. The van der Waals surface area contributed by atoms with Crippen molar-refractivity contribution in [1.82, 2.24) is 44.5 Å². The number of hydrogen-bond donors (Lipinski definition) is 1. The number of imidazole rings is 1. The Balaban J connectivity index is 1.41. The van der Waals surface area contributed by atoms with Gasteiger partial charge >= 0.3 is 11.8 Å². The first-order valence-corrected chi connectivity index (χ1v) is 10.8. The van der Waals surface area contributed by atoms with E-state index in [1.54, 1.807) is 49.4 Å². The predicted octanol–water partition coefficient (Wildman–Crippen LogP) is 2.87. The number of carbonyl (C=O) groups excluding carboxylic acids is 1. The number of halogens is 2. The number of carbonyl (C=O) groups is 1. The molecule has 1 N–H and O–H groups in total. The number of nitrogens with zero attached hydrogens (tertiary/aromatic N) is 8. The molecule has 0 aromatic carbocycles. The second-order valence-electron chi connectivity index (χ2n) is 8.29. The van der Waals surface area contributed by atoms with E-state index in [9.17, 15) is 13.6 Å². The van der Waals surface area contributed by atoms with Crippen LogP contribution in [0.2, 0.25) is 0 Å². The van der Waals surface area contributed by atoms with Crippen LogP contribution >= 0.6 is 0 Å². The lowest BCUT2D eigenvalue weighted by Crippen LogP contribution is -2.41. The fourth-order valence-electron chi connectivity index (χ4n) is 4.50. The first-order valence-electron chi connectivity index (χ1n) is 10.8. The molecule has 1 atom stereocenters. The molecule has 0 saturated heterocycles. The number of hydrogen-bond acceptors (Lipinski definition) is 7. The highest BCUT2D eigenvalue weighted by Gasteiger charge is 2.38. The summed E-state index contributed by atoms with van der Waals surface area (Å²) in [4.78, 5) is 22.6. The summed E-state index contributed by atoms with van der Waals surface area (Å²) < 4.78 is 35.7. The molecule has 0 unspecified atom stereocenters. The minimum atomic E-state index is -2.70. The van der Waals surface area contributed by atoms with Gasteiger partial charge in [-0.2, -0.15) is 10.2 Å². The average Bonchev–Trinajstić information content (AvgIpc) is 3.62. The molecule has 35 heavy (non-hydrogen) atoms. The van der Waals surface area contributed by atoms with E-state index >= 15 is 0 Å². The molecule has 5 aromatic heterocycles. The zero-order valence-corrected chi connectivity index (χ0v) is 18.7. The number of pyridine rings is 1. The van der Waals surface area contributed by atoms with Gasteiger partial charge < -0.3 is 14.3 Å². The van der Waals surface area contributed by atoms with Gasteiger partial charge in [-0.15, -0.1) is 10.2 Å². The Kier molecular flexibility index (Phi) is 4.72. The van der Waals surface area contributed by atoms with Crippen molar-refractivity contribution in [2.24, 2.45) is 7.05 Å². The van der Waals surface area contributed by atoms with Crippen LogP contribution in [0.3, 0.4) is 0 Å². The first kappa shape index (κ1) is 21.1. The normalized spacial score (nSPS) is 15.8. The van der Waals surface area contributed by atoms with E-state index < -0.39 is 18.4 Å². The lowest BCUT2D eigenvalue weighted by molar-refractivity contribution is 0.0646. The van der Waals surface area contributed by atoms with Crippen molar-refractivity contribution in [3.63, 3.8) is 0 Å². The summed E-state index contributed by atoms with van der Waals surface area (Å²) in [7, 11) is 1.77. The van der Waals surface area contributed by atoms with Crippen molar-refractivity contribution < 1.29 is 18.0 Å². The highest BCUT2D eigenvalue weighted by atomic mass is 19.3. The lowest BCUT2D eigenvalue weighted by Gasteiger charge is -2.32. The average molecular weight is 479 g/mol. The second kappa shape index (κ2) is 7.82. The van der Waals surface area contributed by atoms with E-state index in [1.807, 2.05) is 0 Å². The van der Waals surface area contributed by atoms with Crippen LogP contribution in [-0.2, 0) is 13.5 Å². The van der Waals surface area contributed by atoms with Crippen LogP contribution in [0.25, 0.3) is 17.0 Å². The molecule has 6 heterocycles. The fourth-order valence-corrected chi connectivity index (χ4v) is 4.50. The van der Waals surface area contributed by atoms with Crippen LogP contribution in [0.4, 0.5) is 8.78 Å². The van der Waals surface area contributed by atoms with Crippen LogP contribution in [0.1, 0.15) is 51.6 Å². The van der Waals surface area contributed by atoms with Crippen LogP contribution in [0, 0.1) is 6.92 Å². The third-order valence-electron chi connectivity index (χ3n) is 6.08. The van der Waals surface area contributed by atoms with E-state index in [2.05, 4.69) is 30.4 Å². The summed E-state index contributed by atoms with van der Waals surface area (Å²) in [6, 6.07) is 5.51. The van der Waals surface area contributed by atoms with Crippen molar-refractivity contribution in [3.8, 4) is 11.5 Å². The molecule has 13 heteroatoms. The van der Waals surface area contributed by atoms with E-state index in [-0.39, 0.29) is 17.5 Å². The van der Waals surface area contributed by atoms with Gasteiger partial charge in [-0.25, -0.2) is 18.3 Å². The van der Waals surface area contributed by atoms with E-state index in [0.717, 1.165) is 5.69 Å². The molecule has 0 spiro atoms. The number of aromatic amines is 1. The first-order chi connectivity index (χ1) is 16.9. The maximum absolute atomic E-state index is 13.6. The van der Waals surface area contributed by atoms with Crippen LogP contribution in [0.5, 0.6) is 0 Å². The number of aromatic nitrogens is 8. The third-order valence-corrected chi connectivity index (χ3v) is 6.08. The zero-order valence-electron chi connectivity index (χ0n) is 18.7. The summed E-state index contributed by atoms with van der Waals surface area (Å²) in [6.45, 7) is 2.12. The number of H-pyrrole nitrogens is 1. The fraction of sp³-hybridized carbons (Fsp3) is 0.273.